The van der Waals surface area contributed by atoms with Crippen LogP contribution in [0.4, 0.5) is 0 Å². The molecule has 0 unspecified atom stereocenters. The normalized spacial score (nSPS) is 23.4. The molecule has 1 amide bonds. The van der Waals surface area contributed by atoms with Crippen molar-refractivity contribution in [3.63, 3.8) is 0 Å². The molecule has 3 aliphatic heterocycles. The van der Waals surface area contributed by atoms with Crippen molar-refractivity contribution in [1.82, 2.24) is 9.80 Å². The second-order valence-electron chi connectivity index (χ2n) is 10.4. The Balaban J connectivity index is 1.26. The smallest absolute Gasteiger partial charge is 0.288 e. The number of carbonyl (C=O) groups excluding carboxylic acids is 1. The Bertz CT molecular complexity index is 1060. The average Bonchev–Trinajstić information content (AvgIpc) is 2.97. The maximum atomic E-state index is 13.6. The van der Waals surface area contributed by atoms with E-state index in [9.17, 15) is 9.90 Å². The number of nitrogens with zero attached hydrogens (tertiary/aromatic N) is 2. The molecule has 0 bridgehead atoms. The molecule has 0 radical (unpaired) electrons. The van der Waals surface area contributed by atoms with E-state index in [1.165, 1.54) is 32.4 Å². The molecule has 7 heteroatoms. The number of likely N-dealkylation sites (tertiary alicyclic amines) is 2. The number of halogens is 1. The van der Waals surface area contributed by atoms with Gasteiger partial charge in [-0.15, -0.1) is 0 Å². The minimum Gasteiger partial charge on any atom is -0.459 e. The number of hydrogen-bond donors (Lipinski definition) is 1. The zero-order valence-corrected chi connectivity index (χ0v) is 22.1. The Kier molecular flexibility index (Phi) is 8.82. The highest BCUT2D eigenvalue weighted by Crippen LogP contribution is 2.33. The van der Waals surface area contributed by atoms with Crippen LogP contribution in [0.1, 0.15) is 61.1 Å². The first-order valence-electron chi connectivity index (χ1n) is 13.6. The van der Waals surface area contributed by atoms with Crippen LogP contribution < -0.4 is 0 Å². The van der Waals surface area contributed by atoms with Crippen LogP contribution in [0.3, 0.4) is 0 Å². The zero-order valence-electron chi connectivity index (χ0n) is 21.4. The summed E-state index contributed by atoms with van der Waals surface area (Å²) in [6, 6.07) is 16.0. The summed E-state index contributed by atoms with van der Waals surface area (Å²) in [5.74, 6) is 0.331. The molecule has 2 saturated heterocycles. The predicted octanol–water partition coefficient (Wildman–Crippen LogP) is 5.24. The molecule has 0 aromatic heterocycles. The number of benzene rings is 2. The number of allylic oxidation sites excluding steroid dienone is 1. The van der Waals surface area contributed by atoms with Crippen LogP contribution >= 0.6 is 11.6 Å². The van der Waals surface area contributed by atoms with Gasteiger partial charge in [-0.25, -0.2) is 0 Å². The first-order valence-corrected chi connectivity index (χ1v) is 13.9. The fourth-order valence-electron chi connectivity index (χ4n) is 5.66. The number of carbonyl (C=O) groups is 1. The van der Waals surface area contributed by atoms with Gasteiger partial charge in [0.25, 0.3) is 5.91 Å². The van der Waals surface area contributed by atoms with E-state index in [0.29, 0.717) is 29.9 Å². The molecule has 1 N–H and O–H groups in total. The number of aliphatic hydroxyl groups excluding tert-OH is 1. The van der Waals surface area contributed by atoms with Gasteiger partial charge in [-0.1, -0.05) is 54.4 Å². The molecule has 2 atom stereocenters. The van der Waals surface area contributed by atoms with Gasteiger partial charge in [-0.05, 0) is 73.7 Å². The molecule has 2 fully saturated rings. The summed E-state index contributed by atoms with van der Waals surface area (Å²) in [5.41, 5.74) is 2.94. The molecule has 6 nitrogen and oxygen atoms in total. The number of aliphatic hydroxyl groups is 1. The molecule has 5 rings (SSSR count). The van der Waals surface area contributed by atoms with Crippen LogP contribution in [0.15, 0.2) is 60.4 Å². The Morgan fingerprint density at radius 2 is 1.62 bits per heavy atom. The van der Waals surface area contributed by atoms with E-state index in [1.807, 2.05) is 59.5 Å². The third-order valence-corrected chi connectivity index (χ3v) is 8.12. The van der Waals surface area contributed by atoms with Crippen molar-refractivity contribution in [3.05, 3.63) is 82.1 Å². The number of hydrogen-bond acceptors (Lipinski definition) is 5. The summed E-state index contributed by atoms with van der Waals surface area (Å²) in [6.07, 6.45) is 7.99. The lowest BCUT2D eigenvalue weighted by Crippen LogP contribution is -2.49. The minimum absolute atomic E-state index is 0.00220. The Labute approximate surface area is 224 Å². The van der Waals surface area contributed by atoms with Crippen molar-refractivity contribution < 1.29 is 19.4 Å². The van der Waals surface area contributed by atoms with Gasteiger partial charge in [0, 0.05) is 36.5 Å². The van der Waals surface area contributed by atoms with Crippen molar-refractivity contribution in [3.8, 4) is 0 Å². The van der Waals surface area contributed by atoms with Gasteiger partial charge in [-0.3, -0.25) is 4.79 Å². The van der Waals surface area contributed by atoms with Gasteiger partial charge in [0.15, 0.2) is 5.76 Å². The van der Waals surface area contributed by atoms with E-state index < -0.39 is 6.29 Å². The summed E-state index contributed by atoms with van der Waals surface area (Å²) in [6.45, 7) is 4.28. The molecule has 2 aromatic rings. The molecule has 2 aromatic carbocycles. The number of piperidine rings is 2. The molecular formula is C30H37ClN2O4. The highest BCUT2D eigenvalue weighted by atomic mass is 35.5. The lowest BCUT2D eigenvalue weighted by atomic mass is 9.92. The van der Waals surface area contributed by atoms with Crippen LogP contribution in [0.2, 0.25) is 5.02 Å². The molecule has 37 heavy (non-hydrogen) atoms. The van der Waals surface area contributed by atoms with Gasteiger partial charge in [0.1, 0.15) is 0 Å². The number of amides is 1. The molecule has 3 aliphatic rings. The zero-order chi connectivity index (χ0) is 25.6. The Morgan fingerprint density at radius 1 is 0.946 bits per heavy atom. The first kappa shape index (κ1) is 26.2. The molecular weight excluding hydrogens is 488 g/mol. The Hall–Kier alpha value is -2.38. The number of rotatable bonds is 7. The van der Waals surface area contributed by atoms with Crippen molar-refractivity contribution in [1.29, 1.82) is 0 Å². The lowest BCUT2D eigenvalue weighted by Gasteiger charge is -2.40. The fourth-order valence-corrected chi connectivity index (χ4v) is 5.78. The summed E-state index contributed by atoms with van der Waals surface area (Å²) in [5, 5.41) is 9.97. The van der Waals surface area contributed by atoms with Crippen LogP contribution in [-0.2, 0) is 27.5 Å². The van der Waals surface area contributed by atoms with E-state index >= 15 is 0 Å². The van der Waals surface area contributed by atoms with Gasteiger partial charge in [0.2, 0.25) is 6.29 Å². The number of ether oxygens (including phenoxy) is 2. The summed E-state index contributed by atoms with van der Waals surface area (Å²) in [4.78, 5) is 18.1. The lowest BCUT2D eigenvalue weighted by molar-refractivity contribution is -0.157. The fraction of sp³-hybridized carbons (Fsp3) is 0.500. The first-order chi connectivity index (χ1) is 18.1. The standard InChI is InChI=1S/C30H37ClN2O4/c31-26-10-8-24(9-11-26)25-18-28(37-29(19-25)36-21-23-6-4-22(20-34)5-7-23)30(35)33-16-12-27(13-17-33)32-14-2-1-3-15-32/h4-11,18,25,27,29,34H,1-3,12-17,19-21H2/t25-,29+/m0/s1. The summed E-state index contributed by atoms with van der Waals surface area (Å²) < 4.78 is 12.3. The molecule has 0 saturated carbocycles. The van der Waals surface area contributed by atoms with Crippen molar-refractivity contribution in [2.75, 3.05) is 26.2 Å². The summed E-state index contributed by atoms with van der Waals surface area (Å²) >= 11 is 6.12. The van der Waals surface area contributed by atoms with Crippen LogP contribution in [0.25, 0.3) is 0 Å². The second-order valence-corrected chi connectivity index (χ2v) is 10.8. The van der Waals surface area contributed by atoms with Crippen LogP contribution in [0.5, 0.6) is 0 Å². The third kappa shape index (κ3) is 6.74. The van der Waals surface area contributed by atoms with Crippen molar-refractivity contribution in [2.24, 2.45) is 0 Å². The SMILES string of the molecule is O=C(C1=C[C@H](c2ccc(Cl)cc2)C[C@H](OCc2ccc(CO)cc2)O1)N1CCC(N2CCCCC2)CC1. The third-order valence-electron chi connectivity index (χ3n) is 7.87. The monoisotopic (exact) mass is 524 g/mol. The van der Waals surface area contributed by atoms with Gasteiger partial charge in [-0.2, -0.15) is 0 Å². The Morgan fingerprint density at radius 3 is 2.30 bits per heavy atom. The van der Waals surface area contributed by atoms with Gasteiger partial charge in [0.05, 0.1) is 13.2 Å². The second kappa shape index (κ2) is 12.4. The molecule has 0 spiro atoms. The van der Waals surface area contributed by atoms with Crippen molar-refractivity contribution >= 4 is 17.5 Å². The average molecular weight is 525 g/mol. The van der Waals surface area contributed by atoms with E-state index in [2.05, 4.69) is 4.90 Å². The van der Waals surface area contributed by atoms with Gasteiger partial charge >= 0.3 is 0 Å². The molecule has 198 valence electrons. The van der Waals surface area contributed by atoms with Gasteiger partial charge < -0.3 is 24.4 Å². The van der Waals surface area contributed by atoms with E-state index in [-0.39, 0.29) is 18.4 Å². The highest BCUT2D eigenvalue weighted by Gasteiger charge is 2.33. The maximum Gasteiger partial charge on any atom is 0.288 e. The summed E-state index contributed by atoms with van der Waals surface area (Å²) in [7, 11) is 0. The quantitative estimate of drug-likeness (QED) is 0.536. The maximum absolute atomic E-state index is 13.6. The highest BCUT2D eigenvalue weighted by molar-refractivity contribution is 6.30. The van der Waals surface area contributed by atoms with E-state index in [0.717, 1.165) is 42.6 Å². The molecule has 0 aliphatic carbocycles. The van der Waals surface area contributed by atoms with Crippen molar-refractivity contribution in [2.45, 2.75) is 70.0 Å². The topological polar surface area (TPSA) is 62.2 Å². The van der Waals surface area contributed by atoms with E-state index in [4.69, 9.17) is 21.1 Å². The minimum atomic E-state index is -0.534. The van der Waals surface area contributed by atoms with E-state index in [1.54, 1.807) is 0 Å². The van der Waals surface area contributed by atoms with Crippen LogP contribution in [0, 0.1) is 0 Å². The predicted molar refractivity (Wildman–Crippen MR) is 144 cm³/mol. The van der Waals surface area contributed by atoms with Crippen LogP contribution in [-0.4, -0.2) is 59.3 Å². The molecule has 3 heterocycles. The largest absolute Gasteiger partial charge is 0.459 e.